The van der Waals surface area contributed by atoms with Crippen molar-refractivity contribution in [2.24, 2.45) is 0 Å². The van der Waals surface area contributed by atoms with E-state index in [1.807, 2.05) is 43.0 Å². The molecule has 0 unspecified atom stereocenters. The number of carbonyl (C=O) groups excluding carboxylic acids is 2. The Bertz CT molecular complexity index is 1140. The Labute approximate surface area is 199 Å². The van der Waals surface area contributed by atoms with Crippen LogP contribution >= 0.6 is 0 Å². The van der Waals surface area contributed by atoms with Crippen molar-refractivity contribution in [1.82, 2.24) is 19.8 Å². The van der Waals surface area contributed by atoms with Gasteiger partial charge in [0.05, 0.1) is 12.1 Å². The summed E-state index contributed by atoms with van der Waals surface area (Å²) < 4.78 is 11.5. The number of hydrogen-bond donors (Lipinski definition) is 0. The largest absolute Gasteiger partial charge is 0.491 e. The third-order valence-corrected chi connectivity index (χ3v) is 5.56. The second-order valence-electron chi connectivity index (χ2n) is 8.38. The van der Waals surface area contributed by atoms with E-state index in [0.29, 0.717) is 30.9 Å². The minimum atomic E-state index is -0.278. The Morgan fingerprint density at radius 1 is 0.971 bits per heavy atom. The van der Waals surface area contributed by atoms with Gasteiger partial charge in [-0.15, -0.1) is 0 Å². The minimum Gasteiger partial charge on any atom is -0.491 e. The van der Waals surface area contributed by atoms with E-state index in [1.165, 1.54) is 0 Å². The van der Waals surface area contributed by atoms with Crippen molar-refractivity contribution in [2.45, 2.75) is 32.9 Å². The molecule has 8 heteroatoms. The van der Waals surface area contributed by atoms with Crippen LogP contribution in [0.2, 0.25) is 0 Å². The molecule has 3 aromatic rings. The van der Waals surface area contributed by atoms with Crippen molar-refractivity contribution in [3.63, 3.8) is 0 Å². The fraction of sp³-hybridized carbons (Fsp3) is 0.308. The number of piperazine rings is 1. The number of nitrogens with zero attached hydrogens (tertiary/aromatic N) is 4. The second kappa shape index (κ2) is 10.3. The van der Waals surface area contributed by atoms with Gasteiger partial charge in [-0.2, -0.15) is 0 Å². The van der Waals surface area contributed by atoms with Crippen LogP contribution in [0.1, 0.15) is 42.7 Å². The number of benzene rings is 2. The summed E-state index contributed by atoms with van der Waals surface area (Å²) in [7, 11) is 0. The maximum Gasteiger partial charge on any atom is 0.321 e. The SMILES string of the molecule is CC(=O)N1CCN(C(=O)c2cccc(Oc3ncccn3)c2)[C@H](c2ccc(OC(C)C)cc2)C1. The van der Waals surface area contributed by atoms with E-state index >= 15 is 0 Å². The number of ether oxygens (including phenoxy) is 2. The maximum absolute atomic E-state index is 13.6. The van der Waals surface area contributed by atoms with Gasteiger partial charge < -0.3 is 19.3 Å². The summed E-state index contributed by atoms with van der Waals surface area (Å²) >= 11 is 0. The molecule has 1 aliphatic heterocycles. The number of hydrogen-bond acceptors (Lipinski definition) is 6. The van der Waals surface area contributed by atoms with E-state index in [0.717, 1.165) is 11.3 Å². The lowest BCUT2D eigenvalue weighted by Gasteiger charge is -2.41. The van der Waals surface area contributed by atoms with Crippen molar-refractivity contribution < 1.29 is 19.1 Å². The topological polar surface area (TPSA) is 84.9 Å². The molecular formula is C26H28N4O4. The first-order valence-electron chi connectivity index (χ1n) is 11.3. The molecule has 2 amide bonds. The summed E-state index contributed by atoms with van der Waals surface area (Å²) in [6, 6.07) is 16.3. The molecule has 34 heavy (non-hydrogen) atoms. The fourth-order valence-corrected chi connectivity index (χ4v) is 3.94. The predicted molar refractivity (Wildman–Crippen MR) is 127 cm³/mol. The van der Waals surface area contributed by atoms with Crippen molar-refractivity contribution in [3.05, 3.63) is 78.1 Å². The van der Waals surface area contributed by atoms with Crippen LogP contribution in [0.3, 0.4) is 0 Å². The molecule has 2 aromatic carbocycles. The normalized spacial score (nSPS) is 15.8. The molecule has 8 nitrogen and oxygen atoms in total. The van der Waals surface area contributed by atoms with Gasteiger partial charge in [-0.1, -0.05) is 18.2 Å². The molecule has 0 bridgehead atoms. The molecule has 0 N–H and O–H groups in total. The first-order valence-corrected chi connectivity index (χ1v) is 11.3. The first-order chi connectivity index (χ1) is 16.4. The molecule has 0 saturated carbocycles. The number of rotatable bonds is 6. The van der Waals surface area contributed by atoms with Crippen LogP contribution in [-0.2, 0) is 4.79 Å². The predicted octanol–water partition coefficient (Wildman–Crippen LogP) is 4.10. The molecule has 1 fully saturated rings. The Morgan fingerprint density at radius 2 is 1.71 bits per heavy atom. The fourth-order valence-electron chi connectivity index (χ4n) is 3.94. The van der Waals surface area contributed by atoms with Crippen molar-refractivity contribution in [3.8, 4) is 17.5 Å². The van der Waals surface area contributed by atoms with Gasteiger partial charge in [0.1, 0.15) is 11.5 Å². The highest BCUT2D eigenvalue weighted by Gasteiger charge is 2.33. The number of carbonyl (C=O) groups is 2. The van der Waals surface area contributed by atoms with Gasteiger partial charge in [0.2, 0.25) is 5.91 Å². The maximum atomic E-state index is 13.6. The van der Waals surface area contributed by atoms with E-state index in [9.17, 15) is 9.59 Å². The van der Waals surface area contributed by atoms with Crippen LogP contribution in [0.15, 0.2) is 67.0 Å². The third-order valence-electron chi connectivity index (χ3n) is 5.56. The highest BCUT2D eigenvalue weighted by Crippen LogP contribution is 2.30. The summed E-state index contributed by atoms with van der Waals surface area (Å²) in [5.41, 5.74) is 1.44. The van der Waals surface area contributed by atoms with Gasteiger partial charge in [0.25, 0.3) is 5.91 Å². The zero-order valence-corrected chi connectivity index (χ0v) is 19.5. The molecule has 0 spiro atoms. The van der Waals surface area contributed by atoms with Crippen LogP contribution in [0.5, 0.6) is 17.5 Å². The average molecular weight is 461 g/mol. The van der Waals surface area contributed by atoms with Crippen molar-refractivity contribution in [1.29, 1.82) is 0 Å². The second-order valence-corrected chi connectivity index (χ2v) is 8.38. The summed E-state index contributed by atoms with van der Waals surface area (Å²) in [4.78, 5) is 37.4. The standard InChI is InChI=1S/C26H28N4O4/c1-18(2)33-22-10-8-20(9-11-22)24-17-29(19(3)31)14-15-30(24)25(32)21-6-4-7-23(16-21)34-26-27-12-5-13-28-26/h4-13,16,18,24H,14-15,17H2,1-3H3/t24-/m0/s1. The molecule has 0 radical (unpaired) electrons. The molecular weight excluding hydrogens is 432 g/mol. The first kappa shape index (κ1) is 23.2. The summed E-state index contributed by atoms with van der Waals surface area (Å²) in [5.74, 6) is 1.11. The van der Waals surface area contributed by atoms with E-state index in [2.05, 4.69) is 9.97 Å². The molecule has 1 aromatic heterocycles. The summed E-state index contributed by atoms with van der Waals surface area (Å²) in [6.45, 7) is 6.85. The van der Waals surface area contributed by atoms with Crippen LogP contribution in [0.4, 0.5) is 0 Å². The molecule has 0 aliphatic carbocycles. The number of aromatic nitrogens is 2. The molecule has 1 aliphatic rings. The van der Waals surface area contributed by atoms with Gasteiger partial charge >= 0.3 is 6.01 Å². The van der Waals surface area contributed by atoms with Gasteiger partial charge in [-0.25, -0.2) is 9.97 Å². The lowest BCUT2D eigenvalue weighted by molar-refractivity contribution is -0.131. The molecule has 2 heterocycles. The summed E-state index contributed by atoms with van der Waals surface area (Å²) in [6.07, 6.45) is 3.25. The Morgan fingerprint density at radius 3 is 2.38 bits per heavy atom. The Kier molecular flexibility index (Phi) is 7.06. The smallest absolute Gasteiger partial charge is 0.321 e. The quantitative estimate of drug-likeness (QED) is 0.551. The van der Waals surface area contributed by atoms with E-state index in [4.69, 9.17) is 9.47 Å². The highest BCUT2D eigenvalue weighted by molar-refractivity contribution is 5.95. The monoisotopic (exact) mass is 460 g/mol. The van der Waals surface area contributed by atoms with Gasteiger partial charge in [-0.05, 0) is 55.8 Å². The van der Waals surface area contributed by atoms with Crippen molar-refractivity contribution >= 4 is 11.8 Å². The van der Waals surface area contributed by atoms with Crippen LogP contribution in [0.25, 0.3) is 0 Å². The lowest BCUT2D eigenvalue weighted by Crippen LogP contribution is -2.51. The summed E-state index contributed by atoms with van der Waals surface area (Å²) in [5, 5.41) is 0. The van der Waals surface area contributed by atoms with Crippen LogP contribution < -0.4 is 9.47 Å². The van der Waals surface area contributed by atoms with E-state index in [1.54, 1.807) is 54.5 Å². The Hall–Kier alpha value is -3.94. The molecule has 176 valence electrons. The van der Waals surface area contributed by atoms with E-state index < -0.39 is 0 Å². The average Bonchev–Trinajstić information content (AvgIpc) is 2.84. The zero-order valence-electron chi connectivity index (χ0n) is 19.5. The van der Waals surface area contributed by atoms with Crippen molar-refractivity contribution in [2.75, 3.05) is 19.6 Å². The lowest BCUT2D eigenvalue weighted by atomic mass is 10.0. The number of amides is 2. The van der Waals surface area contributed by atoms with Crippen LogP contribution in [-0.4, -0.2) is 57.3 Å². The minimum absolute atomic E-state index is 0.00452. The third kappa shape index (κ3) is 5.51. The molecule has 1 atom stereocenters. The van der Waals surface area contributed by atoms with Gasteiger partial charge in [0, 0.05) is 44.5 Å². The zero-order chi connectivity index (χ0) is 24.1. The molecule has 4 rings (SSSR count). The van der Waals surface area contributed by atoms with E-state index in [-0.39, 0.29) is 30.0 Å². The van der Waals surface area contributed by atoms with Gasteiger partial charge in [-0.3, -0.25) is 9.59 Å². The highest BCUT2D eigenvalue weighted by atomic mass is 16.5. The Balaban J connectivity index is 1.58. The molecule has 1 saturated heterocycles. The van der Waals surface area contributed by atoms with Gasteiger partial charge in [0.15, 0.2) is 0 Å². The van der Waals surface area contributed by atoms with Crippen LogP contribution in [0, 0.1) is 0 Å².